The number of aromatic nitrogens is 2. The van der Waals surface area contributed by atoms with Crippen LogP contribution in [-0.4, -0.2) is 35.1 Å². The molecular formula is C12H21N5. The maximum absolute atomic E-state index is 4.40. The molecule has 94 valence electrons. The number of aryl methyl sites for hydroxylation is 1. The molecule has 0 radical (unpaired) electrons. The van der Waals surface area contributed by atoms with Gasteiger partial charge >= 0.3 is 0 Å². The molecule has 3 N–H and O–H groups in total. The fourth-order valence-electron chi connectivity index (χ4n) is 1.67. The zero-order valence-corrected chi connectivity index (χ0v) is 10.7. The Balaban J connectivity index is 2.05. The smallest absolute Gasteiger partial charge is 0.132 e. The molecule has 0 aliphatic carbocycles. The molecule has 0 saturated carbocycles. The minimum absolute atomic E-state index is 0.433. The quantitative estimate of drug-likeness (QED) is 0.719. The molecule has 5 nitrogen and oxygen atoms in total. The molecule has 0 spiro atoms. The highest BCUT2D eigenvalue weighted by Gasteiger charge is 2.17. The van der Waals surface area contributed by atoms with Gasteiger partial charge in [-0.05, 0) is 20.3 Å². The van der Waals surface area contributed by atoms with Crippen LogP contribution < -0.4 is 16.0 Å². The van der Waals surface area contributed by atoms with Gasteiger partial charge < -0.3 is 16.0 Å². The molecule has 1 unspecified atom stereocenters. The second-order valence-corrected chi connectivity index (χ2v) is 4.64. The Kier molecular flexibility index (Phi) is 3.78. The lowest BCUT2D eigenvalue weighted by atomic mass is 10.2. The summed E-state index contributed by atoms with van der Waals surface area (Å²) in [7, 11) is 0. The van der Waals surface area contributed by atoms with E-state index in [-0.39, 0.29) is 0 Å². The third kappa shape index (κ3) is 3.30. The van der Waals surface area contributed by atoms with Crippen LogP contribution in [0.2, 0.25) is 0 Å². The van der Waals surface area contributed by atoms with Crippen molar-refractivity contribution in [2.45, 2.75) is 39.3 Å². The Hall–Kier alpha value is -1.36. The van der Waals surface area contributed by atoms with Gasteiger partial charge in [0.15, 0.2) is 0 Å². The molecule has 5 heteroatoms. The van der Waals surface area contributed by atoms with Gasteiger partial charge in [0.1, 0.15) is 17.5 Å². The lowest BCUT2D eigenvalue weighted by Crippen LogP contribution is -2.51. The summed E-state index contributed by atoms with van der Waals surface area (Å²) in [4.78, 5) is 8.79. The van der Waals surface area contributed by atoms with Crippen LogP contribution in [0.1, 0.15) is 26.1 Å². The van der Waals surface area contributed by atoms with Crippen LogP contribution >= 0.6 is 0 Å². The fraction of sp³-hybridized carbons (Fsp3) is 0.667. The van der Waals surface area contributed by atoms with E-state index in [1.165, 1.54) is 0 Å². The molecule has 2 rings (SSSR count). The summed E-state index contributed by atoms with van der Waals surface area (Å²) in [5.41, 5.74) is 0. The van der Waals surface area contributed by atoms with Crippen molar-refractivity contribution in [2.75, 3.05) is 23.7 Å². The maximum atomic E-state index is 4.40. The van der Waals surface area contributed by atoms with Gasteiger partial charge in [-0.15, -0.1) is 0 Å². The van der Waals surface area contributed by atoms with Gasteiger partial charge in [-0.3, -0.25) is 0 Å². The first-order chi connectivity index (χ1) is 8.17. The van der Waals surface area contributed by atoms with Crippen LogP contribution in [0.5, 0.6) is 0 Å². The van der Waals surface area contributed by atoms with Crippen molar-refractivity contribution in [1.29, 1.82) is 0 Å². The van der Waals surface area contributed by atoms with E-state index in [1.807, 2.05) is 13.0 Å². The molecule has 2 heterocycles. The van der Waals surface area contributed by atoms with Crippen LogP contribution in [0.15, 0.2) is 6.07 Å². The average Bonchev–Trinajstić information content (AvgIpc) is 2.22. The van der Waals surface area contributed by atoms with Crippen molar-refractivity contribution in [1.82, 2.24) is 15.3 Å². The number of hydrogen-bond acceptors (Lipinski definition) is 5. The first-order valence-corrected chi connectivity index (χ1v) is 6.27. The number of rotatable bonds is 5. The van der Waals surface area contributed by atoms with E-state index in [1.54, 1.807) is 0 Å². The molecule has 0 amide bonds. The predicted molar refractivity (Wildman–Crippen MR) is 70.4 cm³/mol. The highest BCUT2D eigenvalue weighted by atomic mass is 15.1. The molecule has 1 aromatic heterocycles. The normalized spacial score (nSPS) is 17.4. The van der Waals surface area contributed by atoms with E-state index in [2.05, 4.69) is 39.8 Å². The number of nitrogens with one attached hydrogen (secondary N) is 3. The predicted octanol–water partition coefficient (Wildman–Crippen LogP) is 1.38. The number of hydrogen-bond donors (Lipinski definition) is 3. The highest BCUT2D eigenvalue weighted by molar-refractivity contribution is 5.48. The molecule has 1 fully saturated rings. The van der Waals surface area contributed by atoms with Crippen LogP contribution in [0.25, 0.3) is 0 Å². The standard InChI is InChI=1S/C12H21N5/c1-4-8(2)14-11-5-12(16-9(3)15-11)17-10-6-13-7-10/h5,8,10,13H,4,6-7H2,1-3H3,(H2,14,15,16,17). The van der Waals surface area contributed by atoms with Crippen molar-refractivity contribution in [2.24, 2.45) is 0 Å². The van der Waals surface area contributed by atoms with E-state index in [9.17, 15) is 0 Å². The minimum atomic E-state index is 0.433. The van der Waals surface area contributed by atoms with E-state index in [4.69, 9.17) is 0 Å². The van der Waals surface area contributed by atoms with Gasteiger partial charge in [0.25, 0.3) is 0 Å². The van der Waals surface area contributed by atoms with Crippen LogP contribution in [0.4, 0.5) is 11.6 Å². The third-order valence-electron chi connectivity index (χ3n) is 2.98. The number of anilines is 2. The van der Waals surface area contributed by atoms with Gasteiger partial charge in [-0.2, -0.15) is 0 Å². The summed E-state index contributed by atoms with van der Waals surface area (Å²) in [5.74, 6) is 2.62. The first kappa shape index (κ1) is 12.1. The second-order valence-electron chi connectivity index (χ2n) is 4.64. The Bertz CT molecular complexity index is 350. The molecule has 17 heavy (non-hydrogen) atoms. The van der Waals surface area contributed by atoms with Crippen molar-refractivity contribution in [3.8, 4) is 0 Å². The summed E-state index contributed by atoms with van der Waals surface area (Å²) in [6.07, 6.45) is 1.08. The SMILES string of the molecule is CCC(C)Nc1cc(NC2CNC2)nc(C)n1. The molecule has 0 bridgehead atoms. The Morgan fingerprint density at radius 2 is 2.12 bits per heavy atom. The second kappa shape index (κ2) is 5.31. The Morgan fingerprint density at radius 1 is 1.41 bits per heavy atom. The lowest BCUT2D eigenvalue weighted by Gasteiger charge is -2.28. The van der Waals surface area contributed by atoms with Crippen molar-refractivity contribution < 1.29 is 0 Å². The average molecular weight is 235 g/mol. The van der Waals surface area contributed by atoms with Crippen molar-refractivity contribution >= 4 is 11.6 Å². The van der Waals surface area contributed by atoms with E-state index in [0.717, 1.165) is 37.0 Å². The third-order valence-corrected chi connectivity index (χ3v) is 2.98. The summed E-state index contributed by atoms with van der Waals surface area (Å²) in [6.45, 7) is 8.26. The Labute approximate surface area is 102 Å². The topological polar surface area (TPSA) is 61.9 Å². The van der Waals surface area contributed by atoms with E-state index in [0.29, 0.717) is 12.1 Å². The molecule has 1 aromatic rings. The summed E-state index contributed by atoms with van der Waals surface area (Å²) < 4.78 is 0. The molecule has 1 aliphatic heterocycles. The van der Waals surface area contributed by atoms with Crippen LogP contribution in [-0.2, 0) is 0 Å². The molecule has 1 aliphatic rings. The van der Waals surface area contributed by atoms with E-state index < -0.39 is 0 Å². The molecule has 1 saturated heterocycles. The van der Waals surface area contributed by atoms with Gasteiger partial charge in [-0.1, -0.05) is 6.92 Å². The largest absolute Gasteiger partial charge is 0.367 e. The zero-order valence-electron chi connectivity index (χ0n) is 10.7. The van der Waals surface area contributed by atoms with E-state index >= 15 is 0 Å². The van der Waals surface area contributed by atoms with Crippen molar-refractivity contribution in [3.63, 3.8) is 0 Å². The van der Waals surface area contributed by atoms with Gasteiger partial charge in [0.2, 0.25) is 0 Å². The van der Waals surface area contributed by atoms with Crippen LogP contribution in [0, 0.1) is 6.92 Å². The Morgan fingerprint density at radius 3 is 2.71 bits per heavy atom. The minimum Gasteiger partial charge on any atom is -0.367 e. The first-order valence-electron chi connectivity index (χ1n) is 6.27. The van der Waals surface area contributed by atoms with Gasteiger partial charge in [0, 0.05) is 25.2 Å². The summed E-state index contributed by atoms with van der Waals surface area (Å²) >= 11 is 0. The molecule has 1 atom stereocenters. The summed E-state index contributed by atoms with van der Waals surface area (Å²) in [6, 6.07) is 2.92. The number of nitrogens with zero attached hydrogens (tertiary/aromatic N) is 2. The van der Waals surface area contributed by atoms with Crippen molar-refractivity contribution in [3.05, 3.63) is 11.9 Å². The summed E-state index contributed by atoms with van der Waals surface area (Å²) in [5, 5.41) is 10.0. The van der Waals surface area contributed by atoms with Crippen LogP contribution in [0.3, 0.4) is 0 Å². The molecule has 0 aromatic carbocycles. The zero-order chi connectivity index (χ0) is 12.3. The monoisotopic (exact) mass is 235 g/mol. The highest BCUT2D eigenvalue weighted by Crippen LogP contribution is 2.14. The molecular weight excluding hydrogens is 214 g/mol. The lowest BCUT2D eigenvalue weighted by molar-refractivity contribution is 0.471. The van der Waals surface area contributed by atoms with Gasteiger partial charge in [0.05, 0.1) is 6.04 Å². The fourth-order valence-corrected chi connectivity index (χ4v) is 1.67. The maximum Gasteiger partial charge on any atom is 0.132 e. The van der Waals surface area contributed by atoms with Gasteiger partial charge in [-0.25, -0.2) is 9.97 Å².